The zero-order valence-corrected chi connectivity index (χ0v) is 19.8. The first kappa shape index (κ1) is 24.0. The Balaban J connectivity index is 2.06. The van der Waals surface area contributed by atoms with Gasteiger partial charge in [-0.1, -0.05) is 45.1 Å². The molecule has 0 spiro atoms. The van der Waals surface area contributed by atoms with E-state index in [0.29, 0.717) is 5.69 Å². The predicted octanol–water partition coefficient (Wildman–Crippen LogP) is 2.27. The Morgan fingerprint density at radius 2 is 1.84 bits per heavy atom. The van der Waals surface area contributed by atoms with Crippen molar-refractivity contribution in [1.82, 2.24) is 10.2 Å². The van der Waals surface area contributed by atoms with Crippen molar-refractivity contribution < 1.29 is 19.5 Å². The second kappa shape index (κ2) is 9.45. The average molecular weight is 442 g/mol. The van der Waals surface area contributed by atoms with Crippen LogP contribution in [-0.2, 0) is 14.4 Å². The maximum Gasteiger partial charge on any atom is 0.247 e. The van der Waals surface area contributed by atoms with Crippen molar-refractivity contribution in [1.29, 1.82) is 0 Å². The molecule has 1 aromatic rings. The monoisotopic (exact) mass is 441 g/mol. The van der Waals surface area contributed by atoms with Crippen LogP contribution in [0.25, 0.3) is 0 Å². The molecular formula is C25H35N3O4. The summed E-state index contributed by atoms with van der Waals surface area (Å²) in [5, 5.41) is 15.8. The summed E-state index contributed by atoms with van der Waals surface area (Å²) < 4.78 is 0. The summed E-state index contributed by atoms with van der Waals surface area (Å²) in [5.41, 5.74) is 2.64. The van der Waals surface area contributed by atoms with Crippen LogP contribution in [0.3, 0.4) is 0 Å². The topological polar surface area (TPSA) is 98.7 Å². The number of fused-ring (bicyclic) bond motifs is 1. The molecule has 174 valence electrons. The molecule has 6 atom stereocenters. The quantitative estimate of drug-likeness (QED) is 0.590. The molecule has 1 fully saturated rings. The minimum atomic E-state index is -0.803. The number of hydrogen-bond donors (Lipinski definition) is 3. The Morgan fingerprint density at radius 3 is 2.44 bits per heavy atom. The normalized spacial score (nSPS) is 27.9. The lowest BCUT2D eigenvalue weighted by atomic mass is 9.70. The lowest BCUT2D eigenvalue weighted by Crippen LogP contribution is -2.52. The van der Waals surface area contributed by atoms with Gasteiger partial charge in [0, 0.05) is 18.7 Å². The van der Waals surface area contributed by atoms with Gasteiger partial charge in [0.2, 0.25) is 17.7 Å². The fraction of sp³-hybridized carbons (Fsp3) is 0.560. The molecule has 3 N–H and O–H groups in total. The number of nitrogens with zero attached hydrogens (tertiary/aromatic N) is 1. The van der Waals surface area contributed by atoms with E-state index in [1.807, 2.05) is 65.0 Å². The number of amides is 3. The van der Waals surface area contributed by atoms with Crippen LogP contribution in [-0.4, -0.2) is 53.5 Å². The molecule has 2 aliphatic rings. The third kappa shape index (κ3) is 4.18. The van der Waals surface area contributed by atoms with Gasteiger partial charge in [-0.15, -0.1) is 0 Å². The first-order chi connectivity index (χ1) is 15.1. The number of rotatable bonds is 6. The highest BCUT2D eigenvalue weighted by Gasteiger charge is 2.58. The SMILES string of the molecule is CNC(=O)[C@H]1[C@H]2C(=O)N([C@@H](CO)C(C)C)[C@H](C(=O)Nc3cc(C)ccc3C)[C@H]2C=C[C@H]1C. The van der Waals surface area contributed by atoms with E-state index in [-0.39, 0.29) is 36.2 Å². The van der Waals surface area contributed by atoms with E-state index in [2.05, 4.69) is 10.6 Å². The highest BCUT2D eigenvalue weighted by molar-refractivity contribution is 6.02. The van der Waals surface area contributed by atoms with Crippen molar-refractivity contribution >= 4 is 23.4 Å². The van der Waals surface area contributed by atoms with Gasteiger partial charge >= 0.3 is 0 Å². The summed E-state index contributed by atoms with van der Waals surface area (Å²) in [6, 6.07) is 4.51. The second-order valence-electron chi connectivity index (χ2n) is 9.48. The van der Waals surface area contributed by atoms with E-state index >= 15 is 0 Å². The Hall–Kier alpha value is -2.67. The second-order valence-corrected chi connectivity index (χ2v) is 9.48. The van der Waals surface area contributed by atoms with Gasteiger partial charge in [0.15, 0.2) is 0 Å². The molecule has 0 saturated carbocycles. The van der Waals surface area contributed by atoms with Crippen molar-refractivity contribution in [2.45, 2.75) is 46.7 Å². The summed E-state index contributed by atoms with van der Waals surface area (Å²) in [7, 11) is 1.56. The molecule has 0 unspecified atom stereocenters. The molecule has 0 aromatic heterocycles. The Kier molecular flexibility index (Phi) is 7.08. The number of nitrogens with one attached hydrogen (secondary N) is 2. The van der Waals surface area contributed by atoms with E-state index in [1.54, 1.807) is 11.9 Å². The van der Waals surface area contributed by atoms with Crippen LogP contribution in [0.1, 0.15) is 31.9 Å². The van der Waals surface area contributed by atoms with Gasteiger partial charge in [-0.2, -0.15) is 0 Å². The van der Waals surface area contributed by atoms with E-state index in [4.69, 9.17) is 0 Å². The van der Waals surface area contributed by atoms with Gasteiger partial charge in [0.05, 0.1) is 24.5 Å². The lowest BCUT2D eigenvalue weighted by molar-refractivity contribution is -0.143. The largest absolute Gasteiger partial charge is 0.394 e. The summed E-state index contributed by atoms with van der Waals surface area (Å²) in [6.45, 7) is 9.38. The number of aryl methyl sites for hydroxylation is 2. The standard InChI is InChI=1S/C25H35N3O4/c1-13(2)19(12-29)28-22(24(31)27-18-11-14(3)7-8-15(18)4)17-10-9-16(5)20(23(30)26-6)21(17)25(28)32/h7-11,13,16-17,19-22,29H,12H2,1-6H3,(H,26,30)(H,27,31)/t16-,17+,19+,20-,21+,22+/m1/s1. The molecule has 1 saturated heterocycles. The zero-order chi connectivity index (χ0) is 23.7. The molecule has 32 heavy (non-hydrogen) atoms. The third-order valence-electron chi connectivity index (χ3n) is 6.99. The van der Waals surface area contributed by atoms with Gasteiger partial charge in [-0.3, -0.25) is 14.4 Å². The highest BCUT2D eigenvalue weighted by Crippen LogP contribution is 2.45. The minimum Gasteiger partial charge on any atom is -0.394 e. The Bertz CT molecular complexity index is 926. The van der Waals surface area contributed by atoms with Crippen molar-refractivity contribution in [2.24, 2.45) is 29.6 Å². The molecule has 1 aliphatic heterocycles. The molecule has 1 heterocycles. The van der Waals surface area contributed by atoms with Crippen LogP contribution in [0.5, 0.6) is 0 Å². The molecule has 3 rings (SSSR count). The number of aliphatic hydroxyl groups is 1. The number of allylic oxidation sites excluding steroid dienone is 1. The van der Waals surface area contributed by atoms with Gasteiger partial charge in [-0.25, -0.2) is 0 Å². The minimum absolute atomic E-state index is 0.0556. The first-order valence-corrected chi connectivity index (χ1v) is 11.3. The molecular weight excluding hydrogens is 406 g/mol. The smallest absolute Gasteiger partial charge is 0.247 e. The molecule has 7 nitrogen and oxygen atoms in total. The van der Waals surface area contributed by atoms with Crippen LogP contribution >= 0.6 is 0 Å². The van der Waals surface area contributed by atoms with Gasteiger partial charge < -0.3 is 20.6 Å². The van der Waals surface area contributed by atoms with Crippen LogP contribution in [0.4, 0.5) is 5.69 Å². The highest BCUT2D eigenvalue weighted by atomic mass is 16.3. The van der Waals surface area contributed by atoms with Crippen LogP contribution in [0, 0.1) is 43.4 Å². The molecule has 7 heteroatoms. The van der Waals surface area contributed by atoms with Crippen LogP contribution in [0.15, 0.2) is 30.4 Å². The Labute approximate surface area is 190 Å². The lowest BCUT2D eigenvalue weighted by Gasteiger charge is -2.35. The van der Waals surface area contributed by atoms with Gasteiger partial charge in [0.25, 0.3) is 0 Å². The van der Waals surface area contributed by atoms with Crippen LogP contribution in [0.2, 0.25) is 0 Å². The number of likely N-dealkylation sites (tertiary alicyclic amines) is 1. The van der Waals surface area contributed by atoms with Crippen molar-refractivity contribution in [3.8, 4) is 0 Å². The molecule has 3 amide bonds. The average Bonchev–Trinajstić information content (AvgIpc) is 3.03. The number of aliphatic hydroxyl groups excluding tert-OH is 1. The Morgan fingerprint density at radius 1 is 1.16 bits per heavy atom. The fourth-order valence-electron chi connectivity index (χ4n) is 5.16. The number of carbonyl (C=O) groups is 3. The van der Waals surface area contributed by atoms with E-state index in [1.165, 1.54) is 0 Å². The van der Waals surface area contributed by atoms with Crippen LogP contribution < -0.4 is 10.6 Å². The third-order valence-corrected chi connectivity index (χ3v) is 6.99. The van der Waals surface area contributed by atoms with Gasteiger partial charge in [0.1, 0.15) is 6.04 Å². The summed E-state index contributed by atoms with van der Waals surface area (Å²) in [4.78, 5) is 41.6. The fourth-order valence-corrected chi connectivity index (χ4v) is 5.16. The van der Waals surface area contributed by atoms with Crippen molar-refractivity contribution in [2.75, 3.05) is 19.0 Å². The van der Waals surface area contributed by atoms with E-state index in [0.717, 1.165) is 11.1 Å². The summed E-state index contributed by atoms with van der Waals surface area (Å²) in [6.07, 6.45) is 3.84. The molecule has 0 bridgehead atoms. The molecule has 0 radical (unpaired) electrons. The molecule has 1 aromatic carbocycles. The van der Waals surface area contributed by atoms with Gasteiger partial charge in [-0.05, 0) is 42.9 Å². The van der Waals surface area contributed by atoms with Crippen molar-refractivity contribution in [3.05, 3.63) is 41.5 Å². The summed E-state index contributed by atoms with van der Waals surface area (Å²) in [5.74, 6) is -2.58. The predicted molar refractivity (Wildman–Crippen MR) is 124 cm³/mol. The maximum absolute atomic E-state index is 13.7. The zero-order valence-electron chi connectivity index (χ0n) is 19.8. The number of carbonyl (C=O) groups excluding carboxylic acids is 3. The maximum atomic E-state index is 13.7. The van der Waals surface area contributed by atoms with Crippen molar-refractivity contribution in [3.63, 3.8) is 0 Å². The summed E-state index contributed by atoms with van der Waals surface area (Å²) >= 11 is 0. The van der Waals surface area contributed by atoms with E-state index < -0.39 is 29.8 Å². The van der Waals surface area contributed by atoms with E-state index in [9.17, 15) is 19.5 Å². The number of benzene rings is 1. The molecule has 1 aliphatic carbocycles. The number of anilines is 1. The first-order valence-electron chi connectivity index (χ1n) is 11.3. The number of hydrogen-bond acceptors (Lipinski definition) is 4.